The second kappa shape index (κ2) is 7.42. The minimum Gasteiger partial charge on any atom is -0.477 e. The van der Waals surface area contributed by atoms with Gasteiger partial charge in [0.15, 0.2) is 6.29 Å². The summed E-state index contributed by atoms with van der Waals surface area (Å²) < 4.78 is 16.9. The van der Waals surface area contributed by atoms with Crippen molar-refractivity contribution in [2.45, 2.75) is 51.4 Å². The highest BCUT2D eigenvalue weighted by Gasteiger charge is 2.30. The van der Waals surface area contributed by atoms with E-state index < -0.39 is 23.5 Å². The average Bonchev–Trinajstić information content (AvgIpc) is 3.48. The molecule has 0 unspecified atom stereocenters. The Hall–Kier alpha value is -2.45. The Morgan fingerprint density at radius 3 is 2.45 bits per heavy atom. The van der Waals surface area contributed by atoms with Crippen molar-refractivity contribution in [2.24, 2.45) is 5.92 Å². The summed E-state index contributed by atoms with van der Waals surface area (Å²) in [6, 6.07) is 1.31. The lowest BCUT2D eigenvalue weighted by molar-refractivity contribution is -0.0577. The standard InChI is InChI=1S/C21H25FN2O5/c1-11-18-14(20(27)15(21(28)29)10-24(18)13-2-3-13)9-16(22)19(11)23-6-4-12(5-7-23)8-17(25)26/h9-10,12-13,17,25-26H,2-8H2,1H3,(H,28,29). The number of carbonyl (C=O) groups is 1. The van der Waals surface area contributed by atoms with E-state index in [1.807, 2.05) is 9.47 Å². The first-order chi connectivity index (χ1) is 13.8. The molecule has 156 valence electrons. The fraction of sp³-hybridized carbons (Fsp3) is 0.524. The Morgan fingerprint density at radius 1 is 1.24 bits per heavy atom. The van der Waals surface area contributed by atoms with E-state index in [-0.39, 0.29) is 22.9 Å². The average molecular weight is 404 g/mol. The fourth-order valence-corrected chi connectivity index (χ4v) is 4.54. The number of hydrogen-bond acceptors (Lipinski definition) is 5. The second-order valence-corrected chi connectivity index (χ2v) is 8.19. The quantitative estimate of drug-likeness (QED) is 0.662. The summed E-state index contributed by atoms with van der Waals surface area (Å²) in [6.45, 7) is 2.95. The van der Waals surface area contributed by atoms with Crippen molar-refractivity contribution >= 4 is 22.6 Å². The van der Waals surface area contributed by atoms with Crippen LogP contribution in [0.5, 0.6) is 0 Å². The summed E-state index contributed by atoms with van der Waals surface area (Å²) in [6.07, 6.45) is 3.63. The van der Waals surface area contributed by atoms with Crippen LogP contribution in [-0.4, -0.2) is 45.2 Å². The van der Waals surface area contributed by atoms with Crippen LogP contribution in [0.1, 0.15) is 54.1 Å². The number of benzene rings is 1. The van der Waals surface area contributed by atoms with E-state index in [2.05, 4.69) is 0 Å². The number of aromatic carboxylic acids is 1. The first kappa shape index (κ1) is 19.8. The minimum absolute atomic E-state index is 0.105. The number of aliphatic hydroxyl groups excluding tert-OH is 1. The number of rotatable bonds is 5. The summed E-state index contributed by atoms with van der Waals surface area (Å²) >= 11 is 0. The van der Waals surface area contributed by atoms with Crippen LogP contribution in [0.4, 0.5) is 10.1 Å². The van der Waals surface area contributed by atoms with Crippen LogP contribution in [0, 0.1) is 18.7 Å². The maximum atomic E-state index is 15.1. The number of piperidine rings is 1. The zero-order valence-electron chi connectivity index (χ0n) is 16.3. The van der Waals surface area contributed by atoms with Crippen molar-refractivity contribution in [1.29, 1.82) is 0 Å². The molecule has 1 aromatic carbocycles. The molecule has 2 aliphatic rings. The van der Waals surface area contributed by atoms with Gasteiger partial charge in [0.05, 0.1) is 11.2 Å². The third-order valence-corrected chi connectivity index (χ3v) is 6.12. The predicted molar refractivity (Wildman–Crippen MR) is 106 cm³/mol. The number of hydrogen-bond donors (Lipinski definition) is 3. The number of anilines is 1. The van der Waals surface area contributed by atoms with Crippen LogP contribution in [0.15, 0.2) is 17.1 Å². The summed E-state index contributed by atoms with van der Waals surface area (Å²) in [5.41, 5.74) is 0.693. The number of aliphatic hydroxyl groups is 2. The predicted octanol–water partition coefficient (Wildman–Crippen LogP) is 2.40. The van der Waals surface area contributed by atoms with E-state index in [1.165, 1.54) is 12.3 Å². The molecule has 2 heterocycles. The molecule has 0 bridgehead atoms. The maximum Gasteiger partial charge on any atom is 0.341 e. The van der Waals surface area contributed by atoms with Crippen LogP contribution in [0.2, 0.25) is 0 Å². The van der Waals surface area contributed by atoms with Crippen molar-refractivity contribution in [3.05, 3.63) is 39.4 Å². The second-order valence-electron chi connectivity index (χ2n) is 8.19. The molecule has 1 saturated carbocycles. The van der Waals surface area contributed by atoms with Crippen LogP contribution in [-0.2, 0) is 0 Å². The van der Waals surface area contributed by atoms with Crippen molar-refractivity contribution in [2.75, 3.05) is 18.0 Å². The molecule has 0 spiro atoms. The molecule has 2 aromatic rings. The maximum absolute atomic E-state index is 15.1. The Balaban J connectivity index is 1.79. The molecule has 1 aliphatic heterocycles. The fourth-order valence-electron chi connectivity index (χ4n) is 4.54. The normalized spacial score (nSPS) is 18.0. The van der Waals surface area contributed by atoms with Gasteiger partial charge in [-0.15, -0.1) is 0 Å². The van der Waals surface area contributed by atoms with E-state index in [4.69, 9.17) is 0 Å². The van der Waals surface area contributed by atoms with Crippen LogP contribution in [0.25, 0.3) is 10.9 Å². The molecule has 8 heteroatoms. The number of aryl methyl sites for hydroxylation is 1. The van der Waals surface area contributed by atoms with E-state index in [0.717, 1.165) is 25.7 Å². The summed E-state index contributed by atoms with van der Waals surface area (Å²) in [7, 11) is 0. The number of halogens is 1. The largest absolute Gasteiger partial charge is 0.477 e. The Kier molecular flexibility index (Phi) is 5.08. The van der Waals surface area contributed by atoms with Gasteiger partial charge in [0, 0.05) is 37.1 Å². The third kappa shape index (κ3) is 3.62. The summed E-state index contributed by atoms with van der Waals surface area (Å²) in [5.74, 6) is -1.66. The molecule has 3 N–H and O–H groups in total. The lowest BCUT2D eigenvalue weighted by Gasteiger charge is -2.35. The van der Waals surface area contributed by atoms with Crippen LogP contribution in [0.3, 0.4) is 0 Å². The minimum atomic E-state index is -1.33. The van der Waals surface area contributed by atoms with Gasteiger partial charge < -0.3 is 24.8 Å². The first-order valence-electron chi connectivity index (χ1n) is 10.00. The number of carboxylic acid groups (broad SMARTS) is 1. The van der Waals surface area contributed by atoms with Gasteiger partial charge in [0.1, 0.15) is 11.4 Å². The topological polar surface area (TPSA) is 103 Å². The highest BCUT2D eigenvalue weighted by Crippen LogP contribution is 2.40. The molecule has 2 fully saturated rings. The number of carboxylic acids is 1. The number of aromatic nitrogens is 1. The molecule has 1 aromatic heterocycles. The summed E-state index contributed by atoms with van der Waals surface area (Å²) in [4.78, 5) is 26.1. The molecule has 0 radical (unpaired) electrons. The van der Waals surface area contributed by atoms with Crippen LogP contribution < -0.4 is 10.3 Å². The Morgan fingerprint density at radius 2 is 1.90 bits per heavy atom. The highest BCUT2D eigenvalue weighted by atomic mass is 19.1. The molecular weight excluding hydrogens is 379 g/mol. The van der Waals surface area contributed by atoms with Crippen molar-refractivity contribution < 1.29 is 24.5 Å². The first-order valence-corrected chi connectivity index (χ1v) is 10.00. The number of fused-ring (bicyclic) bond motifs is 1. The summed E-state index contributed by atoms with van der Waals surface area (Å²) in [5, 5.41) is 27.8. The van der Waals surface area contributed by atoms with Gasteiger partial charge in [0.2, 0.25) is 5.43 Å². The molecule has 1 aliphatic carbocycles. The third-order valence-electron chi connectivity index (χ3n) is 6.12. The smallest absolute Gasteiger partial charge is 0.341 e. The van der Waals surface area contributed by atoms with Gasteiger partial charge in [-0.25, -0.2) is 9.18 Å². The van der Waals surface area contributed by atoms with Crippen molar-refractivity contribution in [3.63, 3.8) is 0 Å². The molecule has 0 amide bonds. The highest BCUT2D eigenvalue weighted by molar-refractivity contribution is 5.95. The molecular formula is C21H25FN2O5. The van der Waals surface area contributed by atoms with E-state index in [9.17, 15) is 24.9 Å². The van der Waals surface area contributed by atoms with E-state index in [0.29, 0.717) is 36.3 Å². The molecule has 29 heavy (non-hydrogen) atoms. The zero-order valence-corrected chi connectivity index (χ0v) is 16.3. The van der Waals surface area contributed by atoms with Gasteiger partial charge in [-0.3, -0.25) is 4.79 Å². The zero-order chi connectivity index (χ0) is 20.9. The van der Waals surface area contributed by atoms with Gasteiger partial charge in [-0.1, -0.05) is 0 Å². The van der Waals surface area contributed by atoms with Gasteiger partial charge in [0.25, 0.3) is 0 Å². The SMILES string of the molecule is Cc1c(N2CCC(CC(O)O)CC2)c(F)cc2c(=O)c(C(=O)O)cn(C3CC3)c12. The van der Waals surface area contributed by atoms with Gasteiger partial charge in [-0.2, -0.15) is 0 Å². The molecule has 0 atom stereocenters. The number of nitrogens with zero attached hydrogens (tertiary/aromatic N) is 2. The Bertz CT molecular complexity index is 1020. The lowest BCUT2D eigenvalue weighted by Crippen LogP contribution is -2.36. The molecule has 4 rings (SSSR count). The molecule has 1 saturated heterocycles. The van der Waals surface area contributed by atoms with Crippen LogP contribution >= 0.6 is 0 Å². The van der Waals surface area contributed by atoms with Gasteiger partial charge in [-0.05, 0) is 50.2 Å². The molecule has 7 nitrogen and oxygen atoms in total. The monoisotopic (exact) mass is 404 g/mol. The van der Waals surface area contributed by atoms with Crippen molar-refractivity contribution in [1.82, 2.24) is 4.57 Å². The van der Waals surface area contributed by atoms with E-state index >= 15 is 4.39 Å². The lowest BCUT2D eigenvalue weighted by atomic mass is 9.92. The van der Waals surface area contributed by atoms with E-state index in [1.54, 1.807) is 6.92 Å². The number of pyridine rings is 1. The van der Waals surface area contributed by atoms with Crippen molar-refractivity contribution in [3.8, 4) is 0 Å². The Labute approximate surface area is 167 Å². The van der Waals surface area contributed by atoms with Gasteiger partial charge >= 0.3 is 5.97 Å².